The lowest BCUT2D eigenvalue weighted by atomic mass is 9.92. The Labute approximate surface area is 330 Å². The molecule has 0 N–H and O–H groups in total. The maximum absolute atomic E-state index is 6.58. The van der Waals surface area contributed by atoms with Crippen LogP contribution in [0.4, 0.5) is 0 Å². The van der Waals surface area contributed by atoms with Crippen LogP contribution in [0.2, 0.25) is 0 Å². The summed E-state index contributed by atoms with van der Waals surface area (Å²) in [6, 6.07) is 66.8. The molecule has 0 fully saturated rings. The van der Waals surface area contributed by atoms with Crippen LogP contribution in [0, 0.1) is 0 Å². The van der Waals surface area contributed by atoms with Crippen molar-refractivity contribution in [3.63, 3.8) is 0 Å². The molecule has 0 spiro atoms. The van der Waals surface area contributed by atoms with Crippen molar-refractivity contribution in [1.29, 1.82) is 0 Å². The van der Waals surface area contributed by atoms with Crippen molar-refractivity contribution in [3.8, 4) is 22.3 Å². The Bertz CT molecular complexity index is 3310. The summed E-state index contributed by atoms with van der Waals surface area (Å²) in [6.45, 7) is 4.54. The molecule has 0 saturated heterocycles. The molecule has 1 aromatic heterocycles. The summed E-state index contributed by atoms with van der Waals surface area (Å²) >= 11 is 0. The zero-order valence-corrected chi connectivity index (χ0v) is 31.1. The quantitative estimate of drug-likeness (QED) is 0.162. The van der Waals surface area contributed by atoms with Crippen molar-refractivity contribution in [2.45, 2.75) is 0 Å². The third kappa shape index (κ3) is 5.70. The third-order valence-corrected chi connectivity index (χ3v) is 11.4. The minimum Gasteiger partial charge on any atom is -0.456 e. The minimum atomic E-state index is 0.827. The number of aliphatic imine (C=N–C) groups is 1. The molecule has 266 valence electrons. The molecule has 9 aromatic carbocycles. The van der Waals surface area contributed by atoms with E-state index in [1.807, 2.05) is 12.1 Å². The first-order valence-corrected chi connectivity index (χ1v) is 19.4. The van der Waals surface area contributed by atoms with Gasteiger partial charge in [0.2, 0.25) is 0 Å². The molecule has 1 aliphatic rings. The van der Waals surface area contributed by atoms with Gasteiger partial charge in [0.1, 0.15) is 11.2 Å². The van der Waals surface area contributed by atoms with Gasteiger partial charge in [-0.05, 0) is 120 Å². The lowest BCUT2D eigenvalue weighted by molar-refractivity contribution is 0.669. The molecule has 0 amide bonds. The van der Waals surface area contributed by atoms with Crippen molar-refractivity contribution in [3.05, 3.63) is 229 Å². The maximum atomic E-state index is 6.58. The Kier molecular flexibility index (Phi) is 7.68. The van der Waals surface area contributed by atoms with Crippen LogP contribution < -0.4 is 0 Å². The molecule has 0 aliphatic carbocycles. The number of rotatable bonds is 5. The van der Waals surface area contributed by atoms with E-state index >= 15 is 0 Å². The van der Waals surface area contributed by atoms with E-state index in [0.717, 1.165) is 72.3 Å². The van der Waals surface area contributed by atoms with Crippen LogP contribution in [-0.2, 0) is 0 Å². The molecule has 0 unspecified atom stereocenters. The number of hydrogen-bond donors (Lipinski definition) is 0. The van der Waals surface area contributed by atoms with Crippen LogP contribution in [0.1, 0.15) is 16.7 Å². The van der Waals surface area contributed by atoms with E-state index in [9.17, 15) is 0 Å². The van der Waals surface area contributed by atoms with Crippen molar-refractivity contribution < 1.29 is 4.42 Å². The second kappa shape index (κ2) is 13.3. The first kappa shape index (κ1) is 32.8. The van der Waals surface area contributed by atoms with Gasteiger partial charge in [0, 0.05) is 21.9 Å². The van der Waals surface area contributed by atoms with Crippen molar-refractivity contribution in [2.75, 3.05) is 0 Å². The number of hydrogen-bond acceptors (Lipinski definition) is 2. The highest BCUT2D eigenvalue weighted by Gasteiger charge is 2.18. The molecule has 57 heavy (non-hydrogen) atoms. The summed E-state index contributed by atoms with van der Waals surface area (Å²) in [5, 5.41) is 9.81. The minimum absolute atomic E-state index is 0.827. The molecule has 2 nitrogen and oxygen atoms in total. The van der Waals surface area contributed by atoms with E-state index in [0.29, 0.717) is 0 Å². The molecule has 10 aromatic rings. The Morgan fingerprint density at radius 2 is 0.860 bits per heavy atom. The number of benzene rings is 9. The van der Waals surface area contributed by atoms with Gasteiger partial charge >= 0.3 is 0 Å². The van der Waals surface area contributed by atoms with Gasteiger partial charge in [-0.25, -0.2) is 4.99 Å². The fourth-order valence-electron chi connectivity index (χ4n) is 8.54. The molecule has 0 saturated carbocycles. The third-order valence-electron chi connectivity index (χ3n) is 11.4. The molecule has 2 heterocycles. The van der Waals surface area contributed by atoms with E-state index in [2.05, 4.69) is 195 Å². The molecule has 0 atom stereocenters. The van der Waals surface area contributed by atoms with Gasteiger partial charge in [0.05, 0.1) is 11.4 Å². The average Bonchev–Trinajstić information content (AvgIpc) is 3.55. The van der Waals surface area contributed by atoms with Gasteiger partial charge in [-0.15, -0.1) is 0 Å². The second-order valence-corrected chi connectivity index (χ2v) is 14.8. The van der Waals surface area contributed by atoms with Crippen molar-refractivity contribution in [1.82, 2.24) is 0 Å². The van der Waals surface area contributed by atoms with E-state index in [1.165, 1.54) is 43.4 Å². The van der Waals surface area contributed by atoms with Crippen LogP contribution >= 0.6 is 0 Å². The van der Waals surface area contributed by atoms with Crippen LogP contribution in [-0.4, -0.2) is 5.71 Å². The fraction of sp³-hybridized carbons (Fsp3) is 0. The van der Waals surface area contributed by atoms with Gasteiger partial charge < -0.3 is 4.42 Å². The van der Waals surface area contributed by atoms with Crippen molar-refractivity contribution in [2.24, 2.45) is 4.99 Å². The Hall–Kier alpha value is -7.55. The van der Waals surface area contributed by atoms with Gasteiger partial charge in [0.15, 0.2) is 0 Å². The summed E-state index contributed by atoms with van der Waals surface area (Å²) in [5.74, 6) is 0. The highest BCUT2D eigenvalue weighted by molar-refractivity contribution is 6.26. The Morgan fingerprint density at radius 3 is 1.58 bits per heavy atom. The SMILES string of the molecule is C=C1C=C(c2cccc(-c3ccccc3)c2)N=C(c2ccc3c(c2)oc2ccc(-c4ccc5c6ccccc6c6ccccc6c5c4)cc23)C=C1c1ccccc1. The van der Waals surface area contributed by atoms with Crippen LogP contribution in [0.25, 0.3) is 87.8 Å². The lowest BCUT2D eigenvalue weighted by Gasteiger charge is -2.12. The average molecular weight is 726 g/mol. The first-order valence-electron chi connectivity index (χ1n) is 19.4. The summed E-state index contributed by atoms with van der Waals surface area (Å²) in [7, 11) is 0. The monoisotopic (exact) mass is 725 g/mol. The number of furan rings is 1. The molecule has 0 bridgehead atoms. The van der Waals surface area contributed by atoms with Crippen molar-refractivity contribution >= 4 is 71.2 Å². The molecule has 2 heteroatoms. The zero-order valence-electron chi connectivity index (χ0n) is 31.1. The predicted molar refractivity (Wildman–Crippen MR) is 242 cm³/mol. The highest BCUT2D eigenvalue weighted by atomic mass is 16.3. The molecular weight excluding hydrogens is 691 g/mol. The highest BCUT2D eigenvalue weighted by Crippen LogP contribution is 2.39. The zero-order chi connectivity index (χ0) is 37.9. The van der Waals surface area contributed by atoms with Gasteiger partial charge in [-0.3, -0.25) is 0 Å². The first-order chi connectivity index (χ1) is 28.1. The Balaban J connectivity index is 1.02. The topological polar surface area (TPSA) is 25.5 Å². The summed E-state index contributed by atoms with van der Waals surface area (Å²) in [6.07, 6.45) is 4.27. The summed E-state index contributed by atoms with van der Waals surface area (Å²) in [4.78, 5) is 5.36. The summed E-state index contributed by atoms with van der Waals surface area (Å²) in [5.41, 5.74) is 13.1. The van der Waals surface area contributed by atoms with E-state index in [1.54, 1.807) is 0 Å². The predicted octanol–water partition coefficient (Wildman–Crippen LogP) is 14.9. The van der Waals surface area contributed by atoms with Crippen LogP contribution in [0.3, 0.4) is 0 Å². The lowest BCUT2D eigenvalue weighted by Crippen LogP contribution is -1.99. The molecular formula is C55H35NO. The molecule has 0 radical (unpaired) electrons. The van der Waals surface area contributed by atoms with Gasteiger partial charge in [-0.2, -0.15) is 0 Å². The van der Waals surface area contributed by atoms with Gasteiger partial charge in [0.25, 0.3) is 0 Å². The summed E-state index contributed by atoms with van der Waals surface area (Å²) < 4.78 is 6.58. The number of fused-ring (bicyclic) bond motifs is 9. The number of allylic oxidation sites excluding steroid dienone is 4. The maximum Gasteiger partial charge on any atom is 0.136 e. The van der Waals surface area contributed by atoms with E-state index in [4.69, 9.17) is 9.41 Å². The smallest absolute Gasteiger partial charge is 0.136 e. The van der Waals surface area contributed by atoms with Crippen LogP contribution in [0.15, 0.2) is 222 Å². The fourth-order valence-corrected chi connectivity index (χ4v) is 8.54. The van der Waals surface area contributed by atoms with Crippen LogP contribution in [0.5, 0.6) is 0 Å². The second-order valence-electron chi connectivity index (χ2n) is 14.8. The number of nitrogens with zero attached hydrogens (tertiary/aromatic N) is 1. The normalized spacial score (nSPS) is 13.3. The van der Waals surface area contributed by atoms with Gasteiger partial charge in [-0.1, -0.05) is 158 Å². The molecule has 11 rings (SSSR count). The standard InChI is InChI=1S/C55H35NO/c1-35-29-52(41-18-12-17-38(30-41)36-13-4-2-5-14-36)56-53(34-49(35)37-15-6-3-7-16-37)42-24-27-48-51-32-40(25-28-54(51)57-55(48)33-42)39-23-26-47-45-21-9-8-19-43(45)44-20-10-11-22-46(44)50(47)31-39/h2-34H,1H2. The molecule has 1 aliphatic heterocycles. The largest absolute Gasteiger partial charge is 0.456 e. The van der Waals surface area contributed by atoms with E-state index < -0.39 is 0 Å². The van der Waals surface area contributed by atoms with E-state index in [-0.39, 0.29) is 0 Å². The Morgan fingerprint density at radius 1 is 0.333 bits per heavy atom.